The highest BCUT2D eigenvalue weighted by Crippen LogP contribution is 2.08. The van der Waals surface area contributed by atoms with Gasteiger partial charge in [-0.25, -0.2) is 0 Å². The van der Waals surface area contributed by atoms with Crippen molar-refractivity contribution >= 4 is 12.6 Å². The zero-order chi connectivity index (χ0) is 14.3. The highest BCUT2D eigenvalue weighted by atomic mass is 16.5. The molecule has 5 heteroatoms. The topological polar surface area (TPSA) is 52.9 Å². The molecule has 0 saturated heterocycles. The number of hydrogen-bond acceptors (Lipinski definition) is 4. The van der Waals surface area contributed by atoms with Crippen molar-refractivity contribution in [2.75, 3.05) is 19.7 Å². The van der Waals surface area contributed by atoms with E-state index < -0.39 is 7.12 Å². The lowest BCUT2D eigenvalue weighted by atomic mass is 9.80. The molecule has 1 aromatic rings. The Kier molecular flexibility index (Phi) is 6.91. The van der Waals surface area contributed by atoms with Crippen molar-refractivity contribution in [1.29, 1.82) is 0 Å². The van der Waals surface area contributed by atoms with Crippen LogP contribution in [0.4, 0.5) is 0 Å². The molecule has 0 unspecified atom stereocenters. The molecule has 0 spiro atoms. The maximum atomic E-state index is 8.99. The third-order valence-electron chi connectivity index (χ3n) is 3.07. The number of hydrogen-bond donors (Lipinski definition) is 2. The maximum absolute atomic E-state index is 8.99. The van der Waals surface area contributed by atoms with Gasteiger partial charge in [0.1, 0.15) is 12.4 Å². The molecule has 0 bridgehead atoms. The van der Waals surface area contributed by atoms with Crippen molar-refractivity contribution in [1.82, 2.24) is 4.90 Å². The molecule has 0 atom stereocenters. The molecule has 0 aliphatic rings. The lowest BCUT2D eigenvalue weighted by molar-refractivity contribution is 0.176. The summed E-state index contributed by atoms with van der Waals surface area (Å²) >= 11 is 0. The molecule has 4 nitrogen and oxygen atoms in total. The molecule has 0 aliphatic carbocycles. The fourth-order valence-corrected chi connectivity index (χ4v) is 1.93. The Hall–Kier alpha value is -1.04. The minimum Gasteiger partial charge on any atom is -0.492 e. The second-order valence-electron chi connectivity index (χ2n) is 4.92. The summed E-state index contributed by atoms with van der Waals surface area (Å²) in [4.78, 5) is 2.38. The predicted molar refractivity (Wildman–Crippen MR) is 78.8 cm³/mol. The summed E-state index contributed by atoms with van der Waals surface area (Å²) in [5, 5.41) is 18.0. The van der Waals surface area contributed by atoms with Crippen LogP contribution in [0.1, 0.15) is 27.2 Å². The standard InChI is InChI=1S/C14H24BNO3/c1-4-9-16(12(2)3)10-11-19-14-7-5-13(6-8-14)15(17)18/h5-8,12,17-18H,4,9-11H2,1-3H3. The van der Waals surface area contributed by atoms with Crippen LogP contribution in [0, 0.1) is 0 Å². The molecular weight excluding hydrogens is 241 g/mol. The molecule has 106 valence electrons. The zero-order valence-electron chi connectivity index (χ0n) is 12.0. The Bertz CT molecular complexity index is 354. The van der Waals surface area contributed by atoms with Crippen LogP contribution in [0.3, 0.4) is 0 Å². The Morgan fingerprint density at radius 2 is 1.79 bits per heavy atom. The Morgan fingerprint density at radius 1 is 1.16 bits per heavy atom. The Morgan fingerprint density at radius 3 is 2.26 bits per heavy atom. The van der Waals surface area contributed by atoms with Crippen LogP contribution in [0.2, 0.25) is 0 Å². The average molecular weight is 265 g/mol. The van der Waals surface area contributed by atoms with Gasteiger partial charge >= 0.3 is 7.12 Å². The molecule has 0 radical (unpaired) electrons. The van der Waals surface area contributed by atoms with E-state index in [1.54, 1.807) is 24.3 Å². The van der Waals surface area contributed by atoms with E-state index in [4.69, 9.17) is 14.8 Å². The first-order valence-electron chi connectivity index (χ1n) is 6.87. The molecule has 0 saturated carbocycles. The van der Waals surface area contributed by atoms with Crippen molar-refractivity contribution in [2.45, 2.75) is 33.2 Å². The maximum Gasteiger partial charge on any atom is 0.488 e. The second kappa shape index (κ2) is 8.20. The Balaban J connectivity index is 2.39. The first-order valence-corrected chi connectivity index (χ1v) is 6.87. The quantitative estimate of drug-likeness (QED) is 0.685. The Labute approximate surface area is 116 Å². The van der Waals surface area contributed by atoms with Gasteiger partial charge in [0.25, 0.3) is 0 Å². The van der Waals surface area contributed by atoms with Crippen LogP contribution in [0.5, 0.6) is 5.75 Å². The van der Waals surface area contributed by atoms with Crippen LogP contribution in [0.25, 0.3) is 0 Å². The van der Waals surface area contributed by atoms with Crippen molar-refractivity contribution in [2.24, 2.45) is 0 Å². The third kappa shape index (κ3) is 5.64. The summed E-state index contributed by atoms with van der Waals surface area (Å²) in [5.41, 5.74) is 0.474. The third-order valence-corrected chi connectivity index (χ3v) is 3.07. The summed E-state index contributed by atoms with van der Waals surface area (Å²) in [6.45, 7) is 9.17. The van der Waals surface area contributed by atoms with Gasteiger partial charge in [-0.15, -0.1) is 0 Å². The SMILES string of the molecule is CCCN(CCOc1ccc(B(O)O)cc1)C(C)C. The first-order chi connectivity index (χ1) is 9.04. The van der Waals surface area contributed by atoms with Crippen molar-refractivity contribution < 1.29 is 14.8 Å². The first kappa shape index (κ1) is 16.0. The monoisotopic (exact) mass is 265 g/mol. The van der Waals surface area contributed by atoms with E-state index in [9.17, 15) is 0 Å². The van der Waals surface area contributed by atoms with Gasteiger partial charge in [0.2, 0.25) is 0 Å². The average Bonchev–Trinajstić information content (AvgIpc) is 2.38. The lowest BCUT2D eigenvalue weighted by Crippen LogP contribution is -2.35. The van der Waals surface area contributed by atoms with E-state index in [0.29, 0.717) is 18.1 Å². The second-order valence-corrected chi connectivity index (χ2v) is 4.92. The summed E-state index contributed by atoms with van der Waals surface area (Å²) in [5.74, 6) is 0.754. The molecule has 0 fully saturated rings. The van der Waals surface area contributed by atoms with Crippen molar-refractivity contribution in [3.8, 4) is 5.75 Å². The van der Waals surface area contributed by atoms with Gasteiger partial charge in [0.05, 0.1) is 0 Å². The molecule has 1 aromatic carbocycles. The molecular formula is C14H24BNO3. The predicted octanol–water partition coefficient (Wildman–Crippen LogP) is 0.866. The van der Waals surface area contributed by atoms with Crippen LogP contribution >= 0.6 is 0 Å². The highest BCUT2D eigenvalue weighted by Gasteiger charge is 2.10. The van der Waals surface area contributed by atoms with Gasteiger partial charge in [0, 0.05) is 12.6 Å². The fourth-order valence-electron chi connectivity index (χ4n) is 1.93. The van der Waals surface area contributed by atoms with Crippen LogP contribution < -0.4 is 10.2 Å². The number of benzene rings is 1. The fraction of sp³-hybridized carbons (Fsp3) is 0.571. The van der Waals surface area contributed by atoms with E-state index in [1.165, 1.54) is 0 Å². The van der Waals surface area contributed by atoms with E-state index in [0.717, 1.165) is 25.3 Å². The molecule has 0 aliphatic heterocycles. The van der Waals surface area contributed by atoms with Crippen LogP contribution in [0.15, 0.2) is 24.3 Å². The smallest absolute Gasteiger partial charge is 0.488 e. The highest BCUT2D eigenvalue weighted by molar-refractivity contribution is 6.58. The van der Waals surface area contributed by atoms with Gasteiger partial charge in [-0.1, -0.05) is 19.1 Å². The lowest BCUT2D eigenvalue weighted by Gasteiger charge is -2.25. The number of rotatable bonds is 8. The van der Waals surface area contributed by atoms with Crippen LogP contribution in [-0.4, -0.2) is 47.8 Å². The van der Waals surface area contributed by atoms with Crippen LogP contribution in [-0.2, 0) is 0 Å². The summed E-state index contributed by atoms with van der Waals surface area (Å²) in [6, 6.07) is 7.36. The van der Waals surface area contributed by atoms with Gasteiger partial charge < -0.3 is 14.8 Å². The molecule has 0 heterocycles. The summed E-state index contributed by atoms with van der Waals surface area (Å²) in [6.07, 6.45) is 1.14. The van der Waals surface area contributed by atoms with E-state index in [2.05, 4.69) is 25.7 Å². The number of nitrogens with zero attached hydrogens (tertiary/aromatic N) is 1. The van der Waals surface area contributed by atoms with E-state index in [1.807, 2.05) is 0 Å². The largest absolute Gasteiger partial charge is 0.492 e. The van der Waals surface area contributed by atoms with Gasteiger partial charge in [-0.3, -0.25) is 4.90 Å². The minimum absolute atomic E-state index is 0.474. The van der Waals surface area contributed by atoms with Gasteiger partial charge in [-0.05, 0) is 44.4 Å². The van der Waals surface area contributed by atoms with E-state index >= 15 is 0 Å². The summed E-state index contributed by atoms with van der Waals surface area (Å²) < 4.78 is 5.66. The molecule has 0 aromatic heterocycles. The van der Waals surface area contributed by atoms with Crippen molar-refractivity contribution in [3.63, 3.8) is 0 Å². The molecule has 2 N–H and O–H groups in total. The zero-order valence-corrected chi connectivity index (χ0v) is 12.0. The van der Waals surface area contributed by atoms with Gasteiger partial charge in [0.15, 0.2) is 0 Å². The molecule has 0 amide bonds. The summed E-state index contributed by atoms with van der Waals surface area (Å²) in [7, 11) is -1.42. The van der Waals surface area contributed by atoms with E-state index in [-0.39, 0.29) is 0 Å². The van der Waals surface area contributed by atoms with Crippen molar-refractivity contribution in [3.05, 3.63) is 24.3 Å². The minimum atomic E-state index is -1.42. The molecule has 1 rings (SSSR count). The normalized spacial score (nSPS) is 11.1. The number of ether oxygens (including phenoxy) is 1. The molecule has 19 heavy (non-hydrogen) atoms. The van der Waals surface area contributed by atoms with Gasteiger partial charge in [-0.2, -0.15) is 0 Å².